The van der Waals surface area contributed by atoms with Crippen molar-refractivity contribution in [2.45, 2.75) is 18.8 Å². The van der Waals surface area contributed by atoms with Crippen LogP contribution in [0.1, 0.15) is 35.3 Å². The molecule has 0 aliphatic carbocycles. The number of hydrogen-bond donors (Lipinski definition) is 2. The molecule has 1 atom stereocenters. The van der Waals surface area contributed by atoms with E-state index in [1.54, 1.807) is 7.05 Å². The highest BCUT2D eigenvalue weighted by molar-refractivity contribution is 5.89. The summed E-state index contributed by atoms with van der Waals surface area (Å²) in [7, 11) is 1.54. The molecule has 1 aliphatic rings. The third-order valence-corrected chi connectivity index (χ3v) is 2.52. The first-order valence-electron chi connectivity index (χ1n) is 5.07. The van der Waals surface area contributed by atoms with Crippen molar-refractivity contribution in [2.24, 2.45) is 0 Å². The lowest BCUT2D eigenvalue weighted by molar-refractivity contribution is 0.0950. The lowest BCUT2D eigenvalue weighted by Gasteiger charge is -2.18. The Labute approximate surface area is 87.4 Å². The Hall–Kier alpha value is -1.43. The quantitative estimate of drug-likeness (QED) is 0.712. The molecule has 6 nitrogen and oxygen atoms in total. The Morgan fingerprint density at radius 3 is 3.20 bits per heavy atom. The lowest BCUT2D eigenvalue weighted by Crippen LogP contribution is -2.28. The van der Waals surface area contributed by atoms with Crippen molar-refractivity contribution in [3.05, 3.63) is 11.7 Å². The fourth-order valence-corrected chi connectivity index (χ4v) is 1.67. The zero-order valence-corrected chi connectivity index (χ0v) is 8.62. The van der Waals surface area contributed by atoms with Crippen LogP contribution >= 0.6 is 0 Å². The fourth-order valence-electron chi connectivity index (χ4n) is 1.67. The maximum atomic E-state index is 11.2. The second-order valence-corrected chi connectivity index (χ2v) is 3.58. The van der Waals surface area contributed by atoms with Crippen molar-refractivity contribution in [3.8, 4) is 0 Å². The van der Waals surface area contributed by atoms with E-state index in [1.807, 2.05) is 0 Å². The van der Waals surface area contributed by atoms with Gasteiger partial charge in [-0.25, -0.2) is 0 Å². The van der Waals surface area contributed by atoms with Gasteiger partial charge in [0.15, 0.2) is 0 Å². The Balaban J connectivity index is 2.08. The average Bonchev–Trinajstić information content (AvgIpc) is 2.78. The monoisotopic (exact) mass is 210 g/mol. The minimum Gasteiger partial charge on any atom is -0.352 e. The predicted molar refractivity (Wildman–Crippen MR) is 52.5 cm³/mol. The topological polar surface area (TPSA) is 80.0 Å². The number of nitrogens with one attached hydrogen (secondary N) is 2. The third-order valence-electron chi connectivity index (χ3n) is 2.52. The molecule has 2 heterocycles. The van der Waals surface area contributed by atoms with Crippen LogP contribution in [0, 0.1) is 0 Å². The van der Waals surface area contributed by atoms with Gasteiger partial charge in [-0.15, -0.1) is 0 Å². The van der Waals surface area contributed by atoms with E-state index in [2.05, 4.69) is 20.8 Å². The van der Waals surface area contributed by atoms with E-state index in [9.17, 15) is 4.79 Å². The second kappa shape index (κ2) is 4.39. The van der Waals surface area contributed by atoms with Crippen LogP contribution in [0.3, 0.4) is 0 Å². The van der Waals surface area contributed by atoms with Gasteiger partial charge in [-0.05, 0) is 19.4 Å². The summed E-state index contributed by atoms with van der Waals surface area (Å²) in [6.07, 6.45) is 2.13. The molecule has 82 valence electrons. The molecule has 0 unspecified atom stereocenters. The Bertz CT molecular complexity index is 344. The first-order chi connectivity index (χ1) is 7.31. The average molecular weight is 210 g/mol. The number of amides is 1. The lowest BCUT2D eigenvalue weighted by atomic mass is 10.00. The predicted octanol–water partition coefficient (Wildman–Crippen LogP) is -0.104. The molecule has 0 bridgehead atoms. The van der Waals surface area contributed by atoms with Crippen LogP contribution in [0.15, 0.2) is 4.52 Å². The minimum atomic E-state index is -0.311. The largest absolute Gasteiger partial charge is 0.352 e. The van der Waals surface area contributed by atoms with Crippen LogP contribution in [0.4, 0.5) is 0 Å². The SMILES string of the molecule is CNC(=O)c1noc([C@H]2CCCNC2)n1. The van der Waals surface area contributed by atoms with Gasteiger partial charge >= 0.3 is 0 Å². The maximum absolute atomic E-state index is 11.2. The second-order valence-electron chi connectivity index (χ2n) is 3.58. The van der Waals surface area contributed by atoms with E-state index < -0.39 is 0 Å². The maximum Gasteiger partial charge on any atom is 0.292 e. The van der Waals surface area contributed by atoms with E-state index in [0.29, 0.717) is 5.89 Å². The summed E-state index contributed by atoms with van der Waals surface area (Å²) in [5.41, 5.74) is 0. The highest BCUT2D eigenvalue weighted by Gasteiger charge is 2.22. The van der Waals surface area contributed by atoms with Gasteiger partial charge < -0.3 is 15.2 Å². The van der Waals surface area contributed by atoms with Crippen LogP contribution in [0.5, 0.6) is 0 Å². The zero-order chi connectivity index (χ0) is 10.7. The Kier molecular flexibility index (Phi) is 2.96. The van der Waals surface area contributed by atoms with Crippen molar-refractivity contribution in [2.75, 3.05) is 20.1 Å². The number of nitrogens with zero attached hydrogens (tertiary/aromatic N) is 2. The summed E-state index contributed by atoms with van der Waals surface area (Å²) in [5, 5.41) is 9.35. The molecule has 0 spiro atoms. The highest BCUT2D eigenvalue weighted by atomic mass is 16.5. The molecule has 0 radical (unpaired) electrons. The van der Waals surface area contributed by atoms with Crippen LogP contribution in [0.25, 0.3) is 0 Å². The zero-order valence-electron chi connectivity index (χ0n) is 8.62. The number of aromatic nitrogens is 2. The van der Waals surface area contributed by atoms with E-state index in [1.165, 1.54) is 0 Å². The summed E-state index contributed by atoms with van der Waals surface area (Å²) in [6.45, 7) is 1.88. The molecule has 0 aromatic carbocycles. The molecule has 1 amide bonds. The fraction of sp³-hybridized carbons (Fsp3) is 0.667. The van der Waals surface area contributed by atoms with Gasteiger partial charge in [-0.2, -0.15) is 4.98 Å². The van der Waals surface area contributed by atoms with E-state index in [-0.39, 0.29) is 17.6 Å². The first-order valence-corrected chi connectivity index (χ1v) is 5.07. The van der Waals surface area contributed by atoms with Crippen molar-refractivity contribution in [3.63, 3.8) is 0 Å². The van der Waals surface area contributed by atoms with Gasteiger partial charge in [-0.1, -0.05) is 5.16 Å². The Morgan fingerprint density at radius 1 is 1.67 bits per heavy atom. The third kappa shape index (κ3) is 2.15. The van der Waals surface area contributed by atoms with Crippen LogP contribution in [0.2, 0.25) is 0 Å². The Morgan fingerprint density at radius 2 is 2.53 bits per heavy atom. The van der Waals surface area contributed by atoms with Crippen LogP contribution < -0.4 is 10.6 Å². The normalized spacial score (nSPS) is 21.3. The smallest absolute Gasteiger partial charge is 0.292 e. The van der Waals surface area contributed by atoms with Gasteiger partial charge in [0, 0.05) is 13.6 Å². The highest BCUT2D eigenvalue weighted by Crippen LogP contribution is 2.21. The molecule has 1 saturated heterocycles. The minimum absolute atomic E-state index is 0.109. The molecule has 2 N–H and O–H groups in total. The van der Waals surface area contributed by atoms with Crippen LogP contribution in [-0.2, 0) is 0 Å². The molecule has 1 aliphatic heterocycles. The molecule has 1 aromatic rings. The molecule has 15 heavy (non-hydrogen) atoms. The van der Waals surface area contributed by atoms with E-state index in [0.717, 1.165) is 25.9 Å². The molecule has 1 fully saturated rings. The number of rotatable bonds is 2. The number of carbonyl (C=O) groups excluding carboxylic acids is 1. The summed E-state index contributed by atoms with van der Waals surface area (Å²) in [4.78, 5) is 15.3. The van der Waals surface area contributed by atoms with Gasteiger partial charge in [0.25, 0.3) is 11.7 Å². The van der Waals surface area contributed by atoms with Gasteiger partial charge in [-0.3, -0.25) is 4.79 Å². The van der Waals surface area contributed by atoms with Crippen molar-refractivity contribution in [1.29, 1.82) is 0 Å². The standard InChI is InChI=1S/C9H14N4O2/c1-10-8(14)7-12-9(15-13-7)6-3-2-4-11-5-6/h6,11H,2-5H2,1H3,(H,10,14)/t6-/m0/s1. The first kappa shape index (κ1) is 10.1. The molecule has 2 rings (SSSR count). The number of piperidine rings is 1. The molecular weight excluding hydrogens is 196 g/mol. The van der Waals surface area contributed by atoms with Crippen molar-refractivity contribution >= 4 is 5.91 Å². The van der Waals surface area contributed by atoms with Gasteiger partial charge in [0.1, 0.15) is 0 Å². The summed E-state index contributed by atoms with van der Waals surface area (Å²) < 4.78 is 5.07. The summed E-state index contributed by atoms with van der Waals surface area (Å²) in [5.74, 6) is 0.595. The summed E-state index contributed by atoms with van der Waals surface area (Å²) in [6, 6.07) is 0. The van der Waals surface area contributed by atoms with Gasteiger partial charge in [0.05, 0.1) is 5.92 Å². The number of hydrogen-bond acceptors (Lipinski definition) is 5. The van der Waals surface area contributed by atoms with E-state index >= 15 is 0 Å². The number of carbonyl (C=O) groups is 1. The molecule has 6 heteroatoms. The summed E-state index contributed by atoms with van der Waals surface area (Å²) >= 11 is 0. The van der Waals surface area contributed by atoms with E-state index in [4.69, 9.17) is 4.52 Å². The van der Waals surface area contributed by atoms with Gasteiger partial charge in [0.2, 0.25) is 5.89 Å². The van der Waals surface area contributed by atoms with Crippen LogP contribution in [-0.4, -0.2) is 36.2 Å². The molecule has 0 saturated carbocycles. The van der Waals surface area contributed by atoms with Crippen molar-refractivity contribution in [1.82, 2.24) is 20.8 Å². The molecular formula is C9H14N4O2. The van der Waals surface area contributed by atoms with Crippen molar-refractivity contribution < 1.29 is 9.32 Å². The molecule has 1 aromatic heterocycles.